The van der Waals surface area contributed by atoms with E-state index in [0.29, 0.717) is 17.3 Å². The average Bonchev–Trinajstić information content (AvgIpc) is 3.01. The van der Waals surface area contributed by atoms with Gasteiger partial charge >= 0.3 is 0 Å². The van der Waals surface area contributed by atoms with Gasteiger partial charge in [0.1, 0.15) is 5.69 Å². The summed E-state index contributed by atoms with van der Waals surface area (Å²) in [6.45, 7) is 0. The van der Waals surface area contributed by atoms with Crippen LogP contribution in [0, 0.1) is 0 Å². The third-order valence-electron chi connectivity index (χ3n) is 3.65. The predicted molar refractivity (Wildman–Crippen MR) is 77.2 cm³/mol. The van der Waals surface area contributed by atoms with Crippen LogP contribution in [0.15, 0.2) is 42.7 Å². The topological polar surface area (TPSA) is 54.9 Å². The van der Waals surface area contributed by atoms with Crippen molar-refractivity contribution in [3.8, 4) is 11.4 Å². The van der Waals surface area contributed by atoms with Gasteiger partial charge < -0.3 is 5.32 Å². The summed E-state index contributed by atoms with van der Waals surface area (Å²) < 4.78 is 0. The van der Waals surface area contributed by atoms with Gasteiger partial charge in [0.15, 0.2) is 0 Å². The Morgan fingerprint density at radius 2 is 1.85 bits per heavy atom. The van der Waals surface area contributed by atoms with Gasteiger partial charge in [-0.3, -0.25) is 14.8 Å². The van der Waals surface area contributed by atoms with E-state index in [1.165, 1.54) is 12.8 Å². The van der Waals surface area contributed by atoms with Crippen LogP contribution in [0.3, 0.4) is 0 Å². The summed E-state index contributed by atoms with van der Waals surface area (Å²) in [6.07, 6.45) is 7.95. The Morgan fingerprint density at radius 1 is 1.05 bits per heavy atom. The molecule has 2 aromatic heterocycles. The van der Waals surface area contributed by atoms with Crippen molar-refractivity contribution < 1.29 is 4.79 Å². The summed E-state index contributed by atoms with van der Waals surface area (Å²) in [7, 11) is 0. The lowest BCUT2D eigenvalue weighted by Gasteiger charge is -2.13. The Balaban J connectivity index is 1.87. The third-order valence-corrected chi connectivity index (χ3v) is 3.65. The van der Waals surface area contributed by atoms with Crippen molar-refractivity contribution in [1.29, 1.82) is 0 Å². The number of carbonyl (C=O) groups is 1. The molecule has 2 heterocycles. The zero-order chi connectivity index (χ0) is 13.8. The van der Waals surface area contributed by atoms with Gasteiger partial charge in [0.2, 0.25) is 0 Å². The van der Waals surface area contributed by atoms with Gasteiger partial charge in [-0.2, -0.15) is 0 Å². The molecule has 1 aliphatic carbocycles. The number of carbonyl (C=O) groups excluding carboxylic acids is 1. The maximum atomic E-state index is 12.4. The molecule has 0 atom stereocenters. The van der Waals surface area contributed by atoms with Gasteiger partial charge in [-0.25, -0.2) is 0 Å². The van der Waals surface area contributed by atoms with E-state index in [9.17, 15) is 4.79 Å². The van der Waals surface area contributed by atoms with Gasteiger partial charge in [-0.1, -0.05) is 18.9 Å². The molecular formula is C16H17N3O. The molecule has 0 radical (unpaired) electrons. The smallest absolute Gasteiger partial charge is 0.253 e. The molecule has 0 aliphatic heterocycles. The molecule has 20 heavy (non-hydrogen) atoms. The van der Waals surface area contributed by atoms with Crippen LogP contribution in [0.4, 0.5) is 0 Å². The van der Waals surface area contributed by atoms with E-state index in [-0.39, 0.29) is 5.91 Å². The predicted octanol–water partition coefficient (Wildman–Crippen LogP) is 2.82. The summed E-state index contributed by atoms with van der Waals surface area (Å²) in [5, 5.41) is 3.10. The monoisotopic (exact) mass is 267 g/mol. The highest BCUT2D eigenvalue weighted by Gasteiger charge is 2.20. The second kappa shape index (κ2) is 5.82. The molecular weight excluding hydrogens is 250 g/mol. The van der Waals surface area contributed by atoms with E-state index in [4.69, 9.17) is 0 Å². The molecule has 1 aliphatic rings. The first-order chi connectivity index (χ1) is 9.84. The number of pyridine rings is 2. The lowest BCUT2D eigenvalue weighted by molar-refractivity contribution is 0.0938. The maximum Gasteiger partial charge on any atom is 0.253 e. The third kappa shape index (κ3) is 2.69. The first kappa shape index (κ1) is 12.8. The quantitative estimate of drug-likeness (QED) is 0.930. The molecule has 1 fully saturated rings. The van der Waals surface area contributed by atoms with Gasteiger partial charge in [0.25, 0.3) is 5.91 Å². The number of hydrogen-bond donors (Lipinski definition) is 1. The van der Waals surface area contributed by atoms with E-state index in [2.05, 4.69) is 15.3 Å². The minimum atomic E-state index is -0.0503. The van der Waals surface area contributed by atoms with Crippen molar-refractivity contribution in [3.05, 3.63) is 48.3 Å². The second-order valence-corrected chi connectivity index (χ2v) is 5.07. The Hall–Kier alpha value is -2.23. The second-order valence-electron chi connectivity index (χ2n) is 5.07. The van der Waals surface area contributed by atoms with Gasteiger partial charge in [-0.15, -0.1) is 0 Å². The molecule has 0 aromatic carbocycles. The summed E-state index contributed by atoms with van der Waals surface area (Å²) >= 11 is 0. The Kier molecular flexibility index (Phi) is 3.72. The van der Waals surface area contributed by atoms with Crippen LogP contribution >= 0.6 is 0 Å². The van der Waals surface area contributed by atoms with Crippen molar-refractivity contribution in [2.45, 2.75) is 31.7 Å². The molecule has 0 saturated heterocycles. The van der Waals surface area contributed by atoms with E-state index in [1.807, 2.05) is 18.2 Å². The molecule has 102 valence electrons. The molecule has 4 heteroatoms. The van der Waals surface area contributed by atoms with Crippen LogP contribution < -0.4 is 5.32 Å². The van der Waals surface area contributed by atoms with E-state index < -0.39 is 0 Å². The fourth-order valence-electron chi connectivity index (χ4n) is 2.63. The zero-order valence-corrected chi connectivity index (χ0v) is 11.2. The molecule has 0 bridgehead atoms. The minimum absolute atomic E-state index is 0.0503. The standard InChI is InChI=1S/C16H17N3O/c20-16(19-12-6-1-2-7-12)13-8-5-11-18-15(13)14-9-3-4-10-17-14/h3-5,8-12H,1-2,6-7H2,(H,19,20). The van der Waals surface area contributed by atoms with Crippen LogP contribution in [0.2, 0.25) is 0 Å². The Labute approximate surface area is 118 Å². The van der Waals surface area contributed by atoms with Crippen LogP contribution in [-0.4, -0.2) is 21.9 Å². The molecule has 2 aromatic rings. The highest BCUT2D eigenvalue weighted by atomic mass is 16.1. The van der Waals surface area contributed by atoms with Crippen LogP contribution in [0.1, 0.15) is 36.0 Å². The summed E-state index contributed by atoms with van der Waals surface area (Å²) in [5.74, 6) is -0.0503. The normalized spacial score (nSPS) is 15.2. The van der Waals surface area contributed by atoms with Gasteiger partial charge in [0.05, 0.1) is 11.3 Å². The van der Waals surface area contributed by atoms with Gasteiger partial charge in [-0.05, 0) is 37.1 Å². The largest absolute Gasteiger partial charge is 0.349 e. The fraction of sp³-hybridized carbons (Fsp3) is 0.312. The molecule has 1 N–H and O–H groups in total. The number of nitrogens with zero attached hydrogens (tertiary/aromatic N) is 2. The summed E-state index contributed by atoms with van der Waals surface area (Å²) in [6, 6.07) is 9.52. The van der Waals surface area contributed by atoms with Crippen molar-refractivity contribution in [3.63, 3.8) is 0 Å². The fourth-order valence-corrected chi connectivity index (χ4v) is 2.63. The summed E-state index contributed by atoms with van der Waals surface area (Å²) in [4.78, 5) is 21.0. The Morgan fingerprint density at radius 3 is 2.60 bits per heavy atom. The summed E-state index contributed by atoms with van der Waals surface area (Å²) in [5.41, 5.74) is 1.96. The minimum Gasteiger partial charge on any atom is -0.349 e. The Bertz CT molecular complexity index is 592. The number of rotatable bonds is 3. The molecule has 0 spiro atoms. The van der Waals surface area contributed by atoms with E-state index >= 15 is 0 Å². The van der Waals surface area contributed by atoms with E-state index in [0.717, 1.165) is 18.5 Å². The maximum absolute atomic E-state index is 12.4. The van der Waals surface area contributed by atoms with Crippen molar-refractivity contribution in [2.24, 2.45) is 0 Å². The first-order valence-corrected chi connectivity index (χ1v) is 7.02. The molecule has 0 unspecified atom stereocenters. The van der Waals surface area contributed by atoms with Crippen LogP contribution in [0.5, 0.6) is 0 Å². The lowest BCUT2D eigenvalue weighted by atomic mass is 10.1. The number of nitrogens with one attached hydrogen (secondary N) is 1. The van der Waals surface area contributed by atoms with Gasteiger partial charge in [0, 0.05) is 18.4 Å². The zero-order valence-electron chi connectivity index (χ0n) is 11.2. The van der Waals surface area contributed by atoms with Crippen LogP contribution in [0.25, 0.3) is 11.4 Å². The molecule has 1 saturated carbocycles. The number of amides is 1. The van der Waals surface area contributed by atoms with Crippen molar-refractivity contribution in [1.82, 2.24) is 15.3 Å². The SMILES string of the molecule is O=C(NC1CCCC1)c1cccnc1-c1ccccn1. The van der Waals surface area contributed by atoms with Crippen LogP contribution in [-0.2, 0) is 0 Å². The lowest BCUT2D eigenvalue weighted by Crippen LogP contribution is -2.33. The number of hydrogen-bond acceptors (Lipinski definition) is 3. The molecule has 4 nitrogen and oxygen atoms in total. The van der Waals surface area contributed by atoms with Crippen molar-refractivity contribution >= 4 is 5.91 Å². The molecule has 1 amide bonds. The highest BCUT2D eigenvalue weighted by Crippen LogP contribution is 2.21. The van der Waals surface area contributed by atoms with E-state index in [1.54, 1.807) is 24.5 Å². The number of aromatic nitrogens is 2. The average molecular weight is 267 g/mol. The molecule has 3 rings (SSSR count). The first-order valence-electron chi connectivity index (χ1n) is 7.02. The highest BCUT2D eigenvalue weighted by molar-refractivity contribution is 5.99. The van der Waals surface area contributed by atoms with Crippen molar-refractivity contribution in [2.75, 3.05) is 0 Å².